The third kappa shape index (κ3) is 5.53. The van der Waals surface area contributed by atoms with Gasteiger partial charge < -0.3 is 19.9 Å². The molecular weight excluding hydrogens is 484 g/mol. The molecule has 4 rings (SSSR count). The normalized spacial score (nSPS) is 10.9. The Kier molecular flexibility index (Phi) is 7.37. The molecule has 0 unspecified atom stereocenters. The zero-order valence-corrected chi connectivity index (χ0v) is 20.0. The molecule has 0 saturated heterocycles. The number of hydrogen-bond acceptors (Lipinski definition) is 12. The van der Waals surface area contributed by atoms with E-state index in [9.17, 15) is 9.59 Å². The average Bonchev–Trinajstić information content (AvgIpc) is 3.50. The van der Waals surface area contributed by atoms with E-state index in [1.165, 1.54) is 13.3 Å². The molecular formula is C23H22N8O6. The van der Waals surface area contributed by atoms with Crippen molar-refractivity contribution in [1.82, 2.24) is 30.7 Å². The summed E-state index contributed by atoms with van der Waals surface area (Å²) in [6.07, 6.45) is 1.39. The zero-order valence-electron chi connectivity index (χ0n) is 20.0. The smallest absolute Gasteiger partial charge is 0.343 e. The molecule has 0 aliphatic rings. The summed E-state index contributed by atoms with van der Waals surface area (Å²) in [4.78, 5) is 25.3. The van der Waals surface area contributed by atoms with Crippen LogP contribution in [-0.2, 0) is 0 Å². The second-order valence-electron chi connectivity index (χ2n) is 7.37. The minimum Gasteiger partial charge on any atom is -0.497 e. The van der Waals surface area contributed by atoms with Crippen molar-refractivity contribution in [2.75, 3.05) is 19.5 Å². The van der Waals surface area contributed by atoms with Crippen molar-refractivity contribution in [2.45, 2.75) is 13.8 Å². The van der Waals surface area contributed by atoms with Crippen LogP contribution in [0.25, 0.3) is 5.82 Å². The Morgan fingerprint density at radius 1 is 1.19 bits per heavy atom. The number of carbonyl (C=O) groups is 2. The monoisotopic (exact) mass is 506 g/mol. The Hall–Kier alpha value is -5.27. The lowest BCUT2D eigenvalue weighted by Gasteiger charge is -2.11. The minimum atomic E-state index is -0.616. The van der Waals surface area contributed by atoms with Gasteiger partial charge in [-0.15, -0.1) is 5.10 Å². The molecule has 0 spiro atoms. The first-order valence-electron chi connectivity index (χ1n) is 10.9. The second-order valence-corrected chi connectivity index (χ2v) is 7.37. The van der Waals surface area contributed by atoms with Crippen molar-refractivity contribution in [3.05, 3.63) is 65.0 Å². The van der Waals surface area contributed by atoms with Crippen LogP contribution in [0.2, 0.25) is 0 Å². The predicted molar refractivity (Wildman–Crippen MR) is 129 cm³/mol. The predicted octanol–water partition coefficient (Wildman–Crippen LogP) is 1.93. The fourth-order valence-electron chi connectivity index (χ4n) is 3.19. The maximum absolute atomic E-state index is 12.7. The molecule has 0 bridgehead atoms. The van der Waals surface area contributed by atoms with Gasteiger partial charge in [-0.05, 0) is 66.1 Å². The van der Waals surface area contributed by atoms with E-state index < -0.39 is 11.9 Å². The van der Waals surface area contributed by atoms with Crippen LogP contribution in [0, 0.1) is 6.92 Å². The molecule has 0 radical (unpaired) electrons. The van der Waals surface area contributed by atoms with Crippen molar-refractivity contribution in [3.63, 3.8) is 0 Å². The third-order valence-corrected chi connectivity index (χ3v) is 4.91. The van der Waals surface area contributed by atoms with Gasteiger partial charge in [0.25, 0.3) is 5.91 Å². The summed E-state index contributed by atoms with van der Waals surface area (Å²) < 4.78 is 22.0. The van der Waals surface area contributed by atoms with Gasteiger partial charge in [-0.25, -0.2) is 14.8 Å². The summed E-state index contributed by atoms with van der Waals surface area (Å²) in [5.41, 5.74) is 9.34. The van der Waals surface area contributed by atoms with Gasteiger partial charge in [-0.1, -0.05) is 11.3 Å². The molecule has 14 nitrogen and oxygen atoms in total. The molecule has 4 aromatic rings. The first-order valence-corrected chi connectivity index (χ1v) is 10.9. The number of anilines is 1. The van der Waals surface area contributed by atoms with Gasteiger partial charge in [0.05, 0.1) is 31.2 Å². The second kappa shape index (κ2) is 11.0. The van der Waals surface area contributed by atoms with E-state index >= 15 is 0 Å². The number of benzene rings is 2. The quantitative estimate of drug-likeness (QED) is 0.146. The first-order chi connectivity index (χ1) is 17.9. The number of amides is 1. The topological polar surface area (TPSA) is 182 Å². The lowest BCUT2D eigenvalue weighted by atomic mass is 10.2. The standard InChI is InChI=1S/C23H22N8O6/c1-4-35-18-10-14(8-9-17(18)36-23(33)15-6-5-7-16(11-15)34-3)12-25-27-22(32)19-13(2)26-30-31(19)21-20(24)28-37-29-21/h5-12H,4H2,1-3H3,(H2,24,28)(H,27,32)/b25-12+. The van der Waals surface area contributed by atoms with Gasteiger partial charge in [-0.2, -0.15) is 9.78 Å². The number of hydrogen-bond donors (Lipinski definition) is 2. The van der Waals surface area contributed by atoms with E-state index in [2.05, 4.69) is 35.8 Å². The number of esters is 1. The average molecular weight is 506 g/mol. The van der Waals surface area contributed by atoms with Gasteiger partial charge >= 0.3 is 5.97 Å². The van der Waals surface area contributed by atoms with Crippen LogP contribution in [0.5, 0.6) is 17.2 Å². The molecule has 14 heteroatoms. The van der Waals surface area contributed by atoms with E-state index in [-0.39, 0.29) is 23.1 Å². The van der Waals surface area contributed by atoms with Crippen molar-refractivity contribution in [2.24, 2.45) is 5.10 Å². The van der Waals surface area contributed by atoms with Crippen LogP contribution in [0.3, 0.4) is 0 Å². The molecule has 3 N–H and O–H groups in total. The molecule has 2 aromatic heterocycles. The maximum Gasteiger partial charge on any atom is 0.343 e. The van der Waals surface area contributed by atoms with Crippen LogP contribution >= 0.6 is 0 Å². The lowest BCUT2D eigenvalue weighted by Crippen LogP contribution is -2.22. The first kappa shape index (κ1) is 24.8. The highest BCUT2D eigenvalue weighted by Crippen LogP contribution is 2.29. The molecule has 0 aliphatic heterocycles. The lowest BCUT2D eigenvalue weighted by molar-refractivity contribution is 0.0727. The van der Waals surface area contributed by atoms with Gasteiger partial charge in [0, 0.05) is 0 Å². The van der Waals surface area contributed by atoms with E-state index in [0.717, 1.165) is 4.68 Å². The molecule has 0 atom stereocenters. The number of nitrogens with zero attached hydrogens (tertiary/aromatic N) is 6. The van der Waals surface area contributed by atoms with Gasteiger partial charge in [-0.3, -0.25) is 4.79 Å². The van der Waals surface area contributed by atoms with Crippen LogP contribution in [0.15, 0.2) is 52.2 Å². The number of aryl methyl sites for hydroxylation is 1. The minimum absolute atomic E-state index is 0.0233. The number of ether oxygens (including phenoxy) is 3. The SMILES string of the molecule is CCOc1cc(/C=N/NC(=O)c2c(C)nnn2-c2nonc2N)ccc1OC(=O)c1cccc(OC)c1. The largest absolute Gasteiger partial charge is 0.497 e. The molecule has 37 heavy (non-hydrogen) atoms. The van der Waals surface area contributed by atoms with Gasteiger partial charge in [0.2, 0.25) is 11.6 Å². The zero-order chi connectivity index (χ0) is 26.4. The summed E-state index contributed by atoms with van der Waals surface area (Å²) in [5.74, 6) is -0.148. The fraction of sp³-hybridized carbons (Fsp3) is 0.174. The van der Waals surface area contributed by atoms with E-state index in [4.69, 9.17) is 19.9 Å². The Balaban J connectivity index is 1.48. The Morgan fingerprint density at radius 3 is 2.76 bits per heavy atom. The number of carbonyl (C=O) groups excluding carboxylic acids is 2. The van der Waals surface area contributed by atoms with Gasteiger partial charge in [0.1, 0.15) is 5.75 Å². The number of rotatable bonds is 9. The number of hydrazone groups is 1. The summed E-state index contributed by atoms with van der Waals surface area (Å²) in [7, 11) is 1.51. The molecule has 2 aromatic carbocycles. The highest BCUT2D eigenvalue weighted by Gasteiger charge is 2.22. The van der Waals surface area contributed by atoms with Crippen LogP contribution in [-0.4, -0.2) is 57.1 Å². The summed E-state index contributed by atoms with van der Waals surface area (Å²) >= 11 is 0. The fourth-order valence-corrected chi connectivity index (χ4v) is 3.19. The number of nitrogen functional groups attached to an aromatic ring is 1. The molecule has 0 saturated carbocycles. The van der Waals surface area contributed by atoms with Gasteiger partial charge in [0.15, 0.2) is 17.2 Å². The van der Waals surface area contributed by atoms with Crippen molar-refractivity contribution in [3.8, 4) is 23.1 Å². The summed E-state index contributed by atoms with van der Waals surface area (Å²) in [5, 5.41) is 18.8. The number of methoxy groups -OCH3 is 1. The summed E-state index contributed by atoms with van der Waals surface area (Å²) in [6.45, 7) is 3.72. The van der Waals surface area contributed by atoms with Crippen LogP contribution < -0.4 is 25.4 Å². The third-order valence-electron chi connectivity index (χ3n) is 4.91. The highest BCUT2D eigenvalue weighted by molar-refractivity contribution is 5.95. The van der Waals surface area contributed by atoms with Crippen molar-refractivity contribution >= 4 is 23.9 Å². The van der Waals surface area contributed by atoms with Crippen molar-refractivity contribution in [1.29, 1.82) is 0 Å². The Morgan fingerprint density at radius 2 is 2.03 bits per heavy atom. The van der Waals surface area contributed by atoms with E-state index in [1.807, 2.05) is 0 Å². The Labute approximate surface area is 210 Å². The molecule has 0 aliphatic carbocycles. The van der Waals surface area contributed by atoms with E-state index in [1.54, 1.807) is 56.3 Å². The van der Waals surface area contributed by atoms with Crippen molar-refractivity contribution < 1.29 is 28.4 Å². The molecule has 0 fully saturated rings. The molecule has 2 heterocycles. The van der Waals surface area contributed by atoms with Crippen LogP contribution in [0.4, 0.5) is 5.82 Å². The molecule has 1 amide bonds. The van der Waals surface area contributed by atoms with Crippen LogP contribution in [0.1, 0.15) is 39.0 Å². The number of nitrogens with two attached hydrogens (primary N) is 1. The summed E-state index contributed by atoms with van der Waals surface area (Å²) in [6, 6.07) is 11.4. The van der Waals surface area contributed by atoms with E-state index in [0.29, 0.717) is 34.9 Å². The highest BCUT2D eigenvalue weighted by atomic mass is 16.6. The molecule has 190 valence electrons. The maximum atomic E-state index is 12.7. The Bertz CT molecular complexity index is 1460. The number of nitrogens with one attached hydrogen (secondary N) is 1. The number of aromatic nitrogens is 5.